The second-order valence-corrected chi connectivity index (χ2v) is 7.28. The van der Waals surface area contributed by atoms with E-state index in [2.05, 4.69) is 66.6 Å². The van der Waals surface area contributed by atoms with E-state index in [1.807, 2.05) is 18.0 Å². The lowest BCUT2D eigenvalue weighted by Crippen LogP contribution is -2.23. The smallest absolute Gasteiger partial charge is 0.0809 e. The van der Waals surface area contributed by atoms with Crippen LogP contribution in [-0.2, 0) is 0 Å². The number of hydrogen-bond acceptors (Lipinski definition) is 3. The topological polar surface area (TPSA) is 16.1 Å². The Balaban J connectivity index is 1.78. The maximum absolute atomic E-state index is 4.84. The highest BCUT2D eigenvalue weighted by Gasteiger charge is 2.31. The van der Waals surface area contributed by atoms with E-state index >= 15 is 0 Å². The predicted octanol–water partition coefficient (Wildman–Crippen LogP) is 4.96. The van der Waals surface area contributed by atoms with Gasteiger partial charge in [-0.2, -0.15) is 0 Å². The Bertz CT molecular complexity index is 896. The van der Waals surface area contributed by atoms with E-state index in [1.54, 1.807) is 0 Å². The van der Waals surface area contributed by atoms with E-state index in [4.69, 9.17) is 4.98 Å². The molecule has 3 heteroatoms. The number of fused-ring (bicyclic) bond motifs is 8. The standard InChI is InChI=1S/C20H16N2S/c1-22-15-8-4-2-6-13(10-15)18-17(22)12-21-19-14-7-3-5-9-16(11-14)23-20(18)19/h2-10,12-13H,11H2,1H3. The molecular weight excluding hydrogens is 300 g/mol. The SMILES string of the molecule is CN1C2=CC(C=CC=C2)c2c1cnc1c2SC2=CC=CC=C1C2. The lowest BCUT2D eigenvalue weighted by molar-refractivity contribution is 0.915. The Morgan fingerprint density at radius 1 is 1.17 bits per heavy atom. The van der Waals surface area contributed by atoms with Gasteiger partial charge in [0.25, 0.3) is 0 Å². The van der Waals surface area contributed by atoms with Crippen molar-refractivity contribution in [2.24, 2.45) is 0 Å². The number of thioether (sulfide) groups is 1. The largest absolute Gasteiger partial charge is 0.343 e. The number of likely N-dealkylation sites (N-methyl/N-ethyl adjacent to an activating group) is 1. The minimum atomic E-state index is 0.324. The summed E-state index contributed by atoms with van der Waals surface area (Å²) in [4.78, 5) is 9.82. The van der Waals surface area contributed by atoms with Gasteiger partial charge in [-0.05, 0) is 22.6 Å². The molecule has 1 aromatic rings. The van der Waals surface area contributed by atoms with Crippen LogP contribution < -0.4 is 4.90 Å². The fourth-order valence-corrected chi connectivity index (χ4v) is 4.87. The molecule has 2 nitrogen and oxygen atoms in total. The van der Waals surface area contributed by atoms with Crippen LogP contribution in [0.5, 0.6) is 0 Å². The summed E-state index contributed by atoms with van der Waals surface area (Å²) in [7, 11) is 2.13. The molecule has 0 fully saturated rings. The lowest BCUT2D eigenvalue weighted by Gasteiger charge is -2.34. The first-order valence-electron chi connectivity index (χ1n) is 7.89. The average molecular weight is 316 g/mol. The van der Waals surface area contributed by atoms with Gasteiger partial charge in [0.05, 0.1) is 17.6 Å². The summed E-state index contributed by atoms with van der Waals surface area (Å²) in [6, 6.07) is 0. The molecule has 0 saturated heterocycles. The van der Waals surface area contributed by atoms with Crippen molar-refractivity contribution in [2.75, 3.05) is 11.9 Å². The number of allylic oxidation sites excluding steroid dienone is 11. The van der Waals surface area contributed by atoms with Gasteiger partial charge in [-0.3, -0.25) is 4.98 Å². The number of anilines is 1. The van der Waals surface area contributed by atoms with Crippen LogP contribution in [0.15, 0.2) is 76.4 Å². The van der Waals surface area contributed by atoms with Crippen LogP contribution in [0, 0.1) is 0 Å². The van der Waals surface area contributed by atoms with Crippen LogP contribution in [0.2, 0.25) is 0 Å². The average Bonchev–Trinajstić information content (AvgIpc) is 2.90. The Morgan fingerprint density at radius 3 is 3.04 bits per heavy atom. The zero-order valence-corrected chi connectivity index (χ0v) is 13.7. The van der Waals surface area contributed by atoms with E-state index in [0.29, 0.717) is 5.92 Å². The molecule has 0 radical (unpaired) electrons. The molecular formula is C20H16N2S. The maximum atomic E-state index is 4.84. The molecule has 1 atom stereocenters. The van der Waals surface area contributed by atoms with E-state index in [-0.39, 0.29) is 0 Å². The lowest BCUT2D eigenvalue weighted by atomic mass is 9.91. The fourth-order valence-electron chi connectivity index (χ4n) is 3.60. The van der Waals surface area contributed by atoms with E-state index in [9.17, 15) is 0 Å². The quantitative estimate of drug-likeness (QED) is 0.673. The van der Waals surface area contributed by atoms with Crippen molar-refractivity contribution < 1.29 is 0 Å². The monoisotopic (exact) mass is 316 g/mol. The van der Waals surface area contributed by atoms with Gasteiger partial charge in [-0.25, -0.2) is 0 Å². The molecule has 3 heterocycles. The Hall–Kier alpha value is -2.26. The molecule has 0 N–H and O–H groups in total. The second kappa shape index (κ2) is 4.87. The third-order valence-corrected chi connectivity index (χ3v) is 5.93. The molecule has 112 valence electrons. The number of aromatic nitrogens is 1. The zero-order chi connectivity index (χ0) is 15.4. The molecule has 1 aromatic heterocycles. The first kappa shape index (κ1) is 13.2. The molecule has 0 amide bonds. The van der Waals surface area contributed by atoms with Crippen molar-refractivity contribution in [1.29, 1.82) is 0 Å². The van der Waals surface area contributed by atoms with Crippen molar-refractivity contribution in [3.8, 4) is 0 Å². The highest BCUT2D eigenvalue weighted by molar-refractivity contribution is 8.03. The predicted molar refractivity (Wildman–Crippen MR) is 97.4 cm³/mol. The van der Waals surface area contributed by atoms with E-state index in [1.165, 1.54) is 32.3 Å². The Labute approximate surface area is 140 Å². The van der Waals surface area contributed by atoms with Gasteiger partial charge in [-0.1, -0.05) is 54.3 Å². The zero-order valence-electron chi connectivity index (χ0n) is 12.9. The molecule has 23 heavy (non-hydrogen) atoms. The molecule has 0 spiro atoms. The normalized spacial score (nSPS) is 23.3. The van der Waals surface area contributed by atoms with Crippen molar-refractivity contribution in [3.05, 3.63) is 82.7 Å². The fraction of sp³-hybridized carbons (Fsp3) is 0.150. The van der Waals surface area contributed by atoms with E-state index < -0.39 is 0 Å². The maximum Gasteiger partial charge on any atom is 0.0809 e. The summed E-state index contributed by atoms with van der Waals surface area (Å²) in [5.41, 5.74) is 6.35. The molecule has 2 aliphatic carbocycles. The number of hydrogen-bond donors (Lipinski definition) is 0. The first-order valence-corrected chi connectivity index (χ1v) is 8.71. The number of pyridine rings is 1. The summed E-state index contributed by atoms with van der Waals surface area (Å²) in [6.07, 6.45) is 22.8. The van der Waals surface area contributed by atoms with Crippen LogP contribution in [0.1, 0.15) is 23.6 Å². The van der Waals surface area contributed by atoms with Crippen molar-refractivity contribution >= 4 is 23.0 Å². The Kier molecular flexibility index (Phi) is 2.79. The van der Waals surface area contributed by atoms with Gasteiger partial charge >= 0.3 is 0 Å². The third kappa shape index (κ3) is 1.93. The van der Waals surface area contributed by atoms with Gasteiger partial charge in [-0.15, -0.1) is 0 Å². The third-order valence-electron chi connectivity index (χ3n) is 4.77. The summed E-state index contributed by atoms with van der Waals surface area (Å²) in [6.45, 7) is 0. The van der Waals surface area contributed by atoms with Gasteiger partial charge in [0.15, 0.2) is 0 Å². The molecule has 0 aromatic carbocycles. The van der Waals surface area contributed by atoms with Crippen LogP contribution in [0.4, 0.5) is 5.69 Å². The first-order chi connectivity index (χ1) is 11.3. The van der Waals surface area contributed by atoms with Crippen molar-refractivity contribution in [1.82, 2.24) is 4.98 Å². The minimum Gasteiger partial charge on any atom is -0.343 e. The van der Waals surface area contributed by atoms with Crippen LogP contribution in [-0.4, -0.2) is 12.0 Å². The molecule has 1 unspecified atom stereocenters. The Morgan fingerprint density at radius 2 is 2.09 bits per heavy atom. The van der Waals surface area contributed by atoms with Crippen LogP contribution in [0.3, 0.4) is 0 Å². The molecule has 5 rings (SSSR count). The highest BCUT2D eigenvalue weighted by Crippen LogP contribution is 2.51. The van der Waals surface area contributed by atoms with Gasteiger partial charge in [0, 0.05) is 35.5 Å². The summed E-state index contributed by atoms with van der Waals surface area (Å²) < 4.78 is 0. The second-order valence-electron chi connectivity index (χ2n) is 6.14. The summed E-state index contributed by atoms with van der Waals surface area (Å²) >= 11 is 1.89. The van der Waals surface area contributed by atoms with Crippen molar-refractivity contribution in [2.45, 2.75) is 17.2 Å². The molecule has 0 saturated carbocycles. The summed E-state index contributed by atoms with van der Waals surface area (Å²) in [5, 5.41) is 0. The molecule has 4 bridgehead atoms. The van der Waals surface area contributed by atoms with Gasteiger partial charge in [0.2, 0.25) is 0 Å². The summed E-state index contributed by atoms with van der Waals surface area (Å²) in [5.74, 6) is 0.324. The minimum absolute atomic E-state index is 0.324. The highest BCUT2D eigenvalue weighted by atomic mass is 32.2. The van der Waals surface area contributed by atoms with Crippen LogP contribution >= 0.6 is 11.8 Å². The van der Waals surface area contributed by atoms with Crippen molar-refractivity contribution in [3.63, 3.8) is 0 Å². The van der Waals surface area contributed by atoms with Crippen LogP contribution in [0.25, 0.3) is 5.57 Å². The van der Waals surface area contributed by atoms with E-state index in [0.717, 1.165) is 12.1 Å². The number of nitrogens with zero attached hydrogens (tertiary/aromatic N) is 2. The molecule has 2 aliphatic heterocycles. The number of rotatable bonds is 0. The molecule has 4 aliphatic rings. The van der Waals surface area contributed by atoms with Gasteiger partial charge < -0.3 is 4.90 Å². The van der Waals surface area contributed by atoms with Gasteiger partial charge in [0.1, 0.15) is 0 Å².